The van der Waals surface area contributed by atoms with Gasteiger partial charge in [-0.15, -0.1) is 0 Å². The van der Waals surface area contributed by atoms with Gasteiger partial charge in [0.15, 0.2) is 23.0 Å². The Labute approximate surface area is 200 Å². The van der Waals surface area contributed by atoms with Crippen molar-refractivity contribution in [3.63, 3.8) is 0 Å². The number of carbonyl (C=O) groups is 2. The summed E-state index contributed by atoms with van der Waals surface area (Å²) in [5.41, 5.74) is -0.633. The molecule has 2 aromatic rings. The molecule has 9 heteroatoms. The summed E-state index contributed by atoms with van der Waals surface area (Å²) < 4.78 is 33.0. The van der Waals surface area contributed by atoms with E-state index in [-0.39, 0.29) is 12.6 Å². The Hall–Kier alpha value is -3.62. The van der Waals surface area contributed by atoms with Crippen molar-refractivity contribution in [3.8, 4) is 28.7 Å². The highest BCUT2D eigenvalue weighted by Gasteiger charge is 2.40. The fraction of sp³-hybridized carbons (Fsp3) is 0.440. The smallest absolute Gasteiger partial charge is 0.304 e. The number of nitrogens with one attached hydrogen (secondary N) is 1. The number of rotatable bonds is 11. The van der Waals surface area contributed by atoms with E-state index in [2.05, 4.69) is 5.32 Å². The third-order valence-corrected chi connectivity index (χ3v) is 5.07. The van der Waals surface area contributed by atoms with Crippen molar-refractivity contribution in [2.45, 2.75) is 45.9 Å². The first-order valence-corrected chi connectivity index (χ1v) is 10.7. The maximum absolute atomic E-state index is 13.4. The zero-order valence-corrected chi connectivity index (χ0v) is 20.9. The fourth-order valence-electron chi connectivity index (χ4n) is 3.46. The SMILES string of the molecule is COc1cccc(CNC(=O)C(C)(OC(C)=O)c2cc(OC)c(OC)c(OC)c2)c1OC(C)C. The first-order chi connectivity index (χ1) is 16.1. The van der Waals surface area contributed by atoms with Crippen LogP contribution in [0.15, 0.2) is 30.3 Å². The predicted octanol–water partition coefficient (Wildman–Crippen LogP) is 3.60. The summed E-state index contributed by atoms with van der Waals surface area (Å²) in [6, 6.07) is 8.55. The van der Waals surface area contributed by atoms with Gasteiger partial charge in [-0.1, -0.05) is 12.1 Å². The van der Waals surface area contributed by atoms with Crippen molar-refractivity contribution in [1.82, 2.24) is 5.32 Å². The summed E-state index contributed by atoms with van der Waals surface area (Å²) in [5, 5.41) is 2.85. The van der Waals surface area contributed by atoms with Crippen molar-refractivity contribution < 1.29 is 38.0 Å². The lowest BCUT2D eigenvalue weighted by molar-refractivity contribution is -0.166. The summed E-state index contributed by atoms with van der Waals surface area (Å²) in [7, 11) is 5.95. The first-order valence-electron chi connectivity index (χ1n) is 10.7. The van der Waals surface area contributed by atoms with Gasteiger partial charge in [0.2, 0.25) is 11.4 Å². The van der Waals surface area contributed by atoms with Crippen molar-refractivity contribution >= 4 is 11.9 Å². The summed E-state index contributed by atoms with van der Waals surface area (Å²) in [5.74, 6) is 0.903. The number of hydrogen-bond acceptors (Lipinski definition) is 8. The Bertz CT molecular complexity index is 995. The number of methoxy groups -OCH3 is 4. The minimum atomic E-state index is -1.68. The molecule has 0 fully saturated rings. The van der Waals surface area contributed by atoms with Crippen LogP contribution in [0.25, 0.3) is 0 Å². The average molecular weight is 476 g/mol. The first kappa shape index (κ1) is 26.6. The minimum Gasteiger partial charge on any atom is -0.493 e. The van der Waals surface area contributed by atoms with E-state index in [0.717, 1.165) is 0 Å². The van der Waals surface area contributed by atoms with Gasteiger partial charge >= 0.3 is 5.97 Å². The second-order valence-electron chi connectivity index (χ2n) is 7.84. The molecule has 0 saturated heterocycles. The van der Waals surface area contributed by atoms with Crippen LogP contribution in [0.3, 0.4) is 0 Å². The van der Waals surface area contributed by atoms with Gasteiger partial charge in [0.1, 0.15) is 0 Å². The molecule has 0 aliphatic heterocycles. The zero-order chi connectivity index (χ0) is 25.5. The third-order valence-electron chi connectivity index (χ3n) is 5.07. The molecule has 0 saturated carbocycles. The molecule has 1 amide bonds. The molecule has 9 nitrogen and oxygen atoms in total. The average Bonchev–Trinajstić information content (AvgIpc) is 2.80. The molecule has 0 heterocycles. The highest BCUT2D eigenvalue weighted by molar-refractivity contribution is 5.89. The topological polar surface area (TPSA) is 102 Å². The van der Waals surface area contributed by atoms with Crippen LogP contribution < -0.4 is 29.0 Å². The highest BCUT2D eigenvalue weighted by atomic mass is 16.6. The minimum absolute atomic E-state index is 0.101. The molecule has 34 heavy (non-hydrogen) atoms. The molecule has 0 aromatic heterocycles. The van der Waals surface area contributed by atoms with Crippen LogP contribution in [0.5, 0.6) is 28.7 Å². The van der Waals surface area contributed by atoms with Gasteiger partial charge in [0, 0.05) is 24.6 Å². The van der Waals surface area contributed by atoms with Gasteiger partial charge in [0.05, 0.1) is 34.5 Å². The molecule has 0 radical (unpaired) electrons. The molecular weight excluding hydrogens is 442 g/mol. The summed E-state index contributed by atoms with van der Waals surface area (Å²) in [6.07, 6.45) is -0.101. The molecule has 186 valence electrons. The van der Waals surface area contributed by atoms with Crippen molar-refractivity contribution in [3.05, 3.63) is 41.5 Å². The van der Waals surface area contributed by atoms with Gasteiger partial charge in [-0.3, -0.25) is 9.59 Å². The number of hydrogen-bond donors (Lipinski definition) is 1. The Morgan fingerprint density at radius 1 is 0.912 bits per heavy atom. The molecule has 0 aliphatic carbocycles. The van der Waals surface area contributed by atoms with E-state index in [1.807, 2.05) is 19.9 Å². The van der Waals surface area contributed by atoms with E-state index < -0.39 is 17.5 Å². The number of esters is 1. The summed E-state index contributed by atoms with van der Waals surface area (Å²) >= 11 is 0. The van der Waals surface area contributed by atoms with E-state index >= 15 is 0 Å². The van der Waals surface area contributed by atoms with Crippen molar-refractivity contribution in [2.75, 3.05) is 28.4 Å². The van der Waals surface area contributed by atoms with E-state index in [0.29, 0.717) is 39.9 Å². The Balaban J connectivity index is 2.46. The predicted molar refractivity (Wildman–Crippen MR) is 126 cm³/mol. The quantitative estimate of drug-likeness (QED) is 0.492. The lowest BCUT2D eigenvalue weighted by Gasteiger charge is -2.29. The third kappa shape index (κ3) is 5.84. The Kier molecular flexibility index (Phi) is 9.00. The van der Waals surface area contributed by atoms with Crippen LogP contribution in [0.1, 0.15) is 38.8 Å². The monoisotopic (exact) mass is 475 g/mol. The fourth-order valence-corrected chi connectivity index (χ4v) is 3.46. The van der Waals surface area contributed by atoms with Crippen LogP contribution in [0.2, 0.25) is 0 Å². The van der Waals surface area contributed by atoms with Gasteiger partial charge < -0.3 is 33.7 Å². The van der Waals surface area contributed by atoms with Gasteiger partial charge in [-0.05, 0) is 39.0 Å². The number of ether oxygens (including phenoxy) is 6. The van der Waals surface area contributed by atoms with Crippen LogP contribution in [0, 0.1) is 0 Å². The van der Waals surface area contributed by atoms with E-state index in [9.17, 15) is 9.59 Å². The van der Waals surface area contributed by atoms with E-state index in [1.165, 1.54) is 35.2 Å². The summed E-state index contributed by atoms with van der Waals surface area (Å²) in [6.45, 7) is 6.65. The zero-order valence-electron chi connectivity index (χ0n) is 20.9. The van der Waals surface area contributed by atoms with Crippen LogP contribution >= 0.6 is 0 Å². The van der Waals surface area contributed by atoms with Gasteiger partial charge in [-0.25, -0.2) is 0 Å². The normalized spacial score (nSPS) is 12.4. The molecule has 1 atom stereocenters. The van der Waals surface area contributed by atoms with Crippen LogP contribution in [-0.4, -0.2) is 46.4 Å². The van der Waals surface area contributed by atoms with Crippen LogP contribution in [0.4, 0.5) is 0 Å². The Morgan fingerprint density at radius 3 is 1.97 bits per heavy atom. The molecule has 2 rings (SSSR count). The summed E-state index contributed by atoms with van der Waals surface area (Å²) in [4.78, 5) is 25.4. The van der Waals surface area contributed by atoms with E-state index in [1.54, 1.807) is 31.4 Å². The molecule has 2 aromatic carbocycles. The van der Waals surface area contributed by atoms with Crippen LogP contribution in [-0.2, 0) is 26.5 Å². The lowest BCUT2D eigenvalue weighted by atomic mass is 9.93. The maximum atomic E-state index is 13.4. The molecule has 0 bridgehead atoms. The molecule has 0 spiro atoms. The highest BCUT2D eigenvalue weighted by Crippen LogP contribution is 2.42. The molecule has 0 aliphatic rings. The second kappa shape index (κ2) is 11.5. The molecule has 1 unspecified atom stereocenters. The van der Waals surface area contributed by atoms with Gasteiger partial charge in [-0.2, -0.15) is 0 Å². The molecule has 1 N–H and O–H groups in total. The largest absolute Gasteiger partial charge is 0.493 e. The number of benzene rings is 2. The Morgan fingerprint density at radius 2 is 1.50 bits per heavy atom. The standard InChI is InChI=1S/C25H33NO8/c1-15(2)33-22-17(10-9-11-19(22)29-5)14-26-24(28)25(4,34-16(3)27)18-12-20(30-6)23(32-8)21(13-18)31-7/h9-13,15H,14H2,1-8H3,(H,26,28). The van der Waals surface area contributed by atoms with Gasteiger partial charge in [0.25, 0.3) is 5.91 Å². The maximum Gasteiger partial charge on any atom is 0.304 e. The van der Waals surface area contributed by atoms with Crippen molar-refractivity contribution in [2.24, 2.45) is 0 Å². The number of carbonyl (C=O) groups excluding carboxylic acids is 2. The van der Waals surface area contributed by atoms with E-state index in [4.69, 9.17) is 28.4 Å². The number of para-hydroxylation sites is 1. The number of amides is 1. The molecular formula is C25H33NO8. The second-order valence-corrected chi connectivity index (χ2v) is 7.84. The van der Waals surface area contributed by atoms with Crippen molar-refractivity contribution in [1.29, 1.82) is 0 Å². The lowest BCUT2D eigenvalue weighted by Crippen LogP contribution is -2.45.